The van der Waals surface area contributed by atoms with Crippen LogP contribution in [0.2, 0.25) is 0 Å². The average molecular weight is 367 g/mol. The molecule has 0 bridgehead atoms. The molecule has 0 fully saturated rings. The van der Waals surface area contributed by atoms with Crippen molar-refractivity contribution in [2.45, 2.75) is 25.3 Å². The van der Waals surface area contributed by atoms with Crippen LogP contribution in [-0.4, -0.2) is 27.9 Å². The smallest absolute Gasteiger partial charge is 0.238 e. The summed E-state index contributed by atoms with van der Waals surface area (Å²) in [5.41, 5.74) is 5.18. The Hall–Kier alpha value is -2.84. The van der Waals surface area contributed by atoms with Crippen LogP contribution < -0.4 is 5.14 Å². The average Bonchev–Trinajstić information content (AvgIpc) is 2.98. The van der Waals surface area contributed by atoms with Gasteiger partial charge in [0, 0.05) is 17.6 Å². The molecule has 0 aliphatic heterocycles. The van der Waals surface area contributed by atoms with Crippen LogP contribution in [0.4, 0.5) is 0 Å². The van der Waals surface area contributed by atoms with Crippen molar-refractivity contribution in [3.8, 4) is 0 Å². The second-order valence-corrected chi connectivity index (χ2v) is 7.88. The van der Waals surface area contributed by atoms with Crippen molar-refractivity contribution in [2.24, 2.45) is 5.14 Å². The zero-order chi connectivity index (χ0) is 18.5. The quantitative estimate of drug-likeness (QED) is 0.598. The maximum absolute atomic E-state index is 11.5. The van der Waals surface area contributed by atoms with Gasteiger partial charge in [0.15, 0.2) is 5.65 Å². The first-order chi connectivity index (χ1) is 12.3. The van der Waals surface area contributed by atoms with Gasteiger partial charge in [-0.05, 0) is 49.2 Å². The Labute approximate surface area is 150 Å². The lowest BCUT2D eigenvalue weighted by Crippen LogP contribution is -2.12. The summed E-state index contributed by atoms with van der Waals surface area (Å²) in [4.78, 5) is 13.4. The molecule has 4 aromatic rings. The molecule has 0 radical (unpaired) electrons. The van der Waals surface area contributed by atoms with E-state index in [1.165, 1.54) is 6.07 Å². The predicted octanol–water partition coefficient (Wildman–Crippen LogP) is 2.29. The topological polar surface area (TPSA) is 104 Å². The molecular formula is C18H17N5O2S. The van der Waals surface area contributed by atoms with E-state index in [0.29, 0.717) is 12.2 Å². The molecule has 0 spiro atoms. The SMILES string of the molecule is Cc1ccc2c(ncc3ncn(Cc4ccc(S(N)(=O)=O)cc4C)c32)n1. The number of benzene rings is 1. The third-order valence-electron chi connectivity index (χ3n) is 4.43. The van der Waals surface area contributed by atoms with Gasteiger partial charge >= 0.3 is 0 Å². The van der Waals surface area contributed by atoms with Crippen LogP contribution in [0.25, 0.3) is 22.1 Å². The minimum Gasteiger partial charge on any atom is -0.325 e. The molecule has 4 rings (SSSR count). The number of fused-ring (bicyclic) bond motifs is 3. The molecule has 132 valence electrons. The molecule has 0 aliphatic rings. The summed E-state index contributed by atoms with van der Waals surface area (Å²) in [6, 6.07) is 8.86. The normalized spacial score (nSPS) is 12.1. The number of sulfonamides is 1. The van der Waals surface area contributed by atoms with Gasteiger partial charge in [-0.25, -0.2) is 28.5 Å². The predicted molar refractivity (Wildman–Crippen MR) is 99.2 cm³/mol. The van der Waals surface area contributed by atoms with Crippen LogP contribution in [-0.2, 0) is 16.6 Å². The Kier molecular flexibility index (Phi) is 3.74. The lowest BCUT2D eigenvalue weighted by atomic mass is 10.1. The Morgan fingerprint density at radius 1 is 1.12 bits per heavy atom. The fourth-order valence-electron chi connectivity index (χ4n) is 3.06. The molecule has 0 atom stereocenters. The summed E-state index contributed by atoms with van der Waals surface area (Å²) in [5.74, 6) is 0. The second-order valence-electron chi connectivity index (χ2n) is 6.32. The number of imidazole rings is 1. The third-order valence-corrected chi connectivity index (χ3v) is 5.34. The molecule has 7 nitrogen and oxygen atoms in total. The van der Waals surface area contributed by atoms with E-state index in [2.05, 4.69) is 15.0 Å². The number of rotatable bonds is 3. The molecule has 0 unspecified atom stereocenters. The first kappa shape index (κ1) is 16.6. The Balaban J connectivity index is 1.83. The second kappa shape index (κ2) is 5.86. The molecule has 0 amide bonds. The first-order valence-corrected chi connectivity index (χ1v) is 9.57. The van der Waals surface area contributed by atoms with E-state index in [4.69, 9.17) is 5.14 Å². The number of aryl methyl sites for hydroxylation is 2. The summed E-state index contributed by atoms with van der Waals surface area (Å²) < 4.78 is 25.0. The van der Waals surface area contributed by atoms with Crippen LogP contribution >= 0.6 is 0 Å². The van der Waals surface area contributed by atoms with E-state index < -0.39 is 10.0 Å². The molecule has 2 N–H and O–H groups in total. The van der Waals surface area contributed by atoms with Crippen molar-refractivity contribution < 1.29 is 8.42 Å². The Morgan fingerprint density at radius 3 is 2.65 bits per heavy atom. The van der Waals surface area contributed by atoms with Crippen LogP contribution in [0.1, 0.15) is 16.8 Å². The van der Waals surface area contributed by atoms with Gasteiger partial charge in [0.05, 0.1) is 22.9 Å². The summed E-state index contributed by atoms with van der Waals surface area (Å²) in [5, 5.41) is 6.14. The van der Waals surface area contributed by atoms with Gasteiger partial charge < -0.3 is 4.57 Å². The summed E-state index contributed by atoms with van der Waals surface area (Å²) in [6.45, 7) is 4.35. The molecule has 1 aromatic carbocycles. The Morgan fingerprint density at radius 2 is 1.92 bits per heavy atom. The van der Waals surface area contributed by atoms with E-state index >= 15 is 0 Å². The number of hydrogen-bond donors (Lipinski definition) is 1. The Bertz CT molecular complexity index is 1260. The van der Waals surface area contributed by atoms with Crippen LogP contribution in [0.3, 0.4) is 0 Å². The summed E-state index contributed by atoms with van der Waals surface area (Å²) in [6.07, 6.45) is 3.48. The van der Waals surface area contributed by atoms with Gasteiger partial charge in [-0.15, -0.1) is 0 Å². The lowest BCUT2D eigenvalue weighted by Gasteiger charge is -2.10. The maximum atomic E-state index is 11.5. The van der Waals surface area contributed by atoms with Gasteiger partial charge in [-0.1, -0.05) is 6.07 Å². The van der Waals surface area contributed by atoms with Gasteiger partial charge in [-0.2, -0.15) is 0 Å². The fraction of sp³-hybridized carbons (Fsp3) is 0.167. The van der Waals surface area contributed by atoms with Crippen molar-refractivity contribution >= 4 is 32.1 Å². The molecule has 3 heterocycles. The highest BCUT2D eigenvalue weighted by Crippen LogP contribution is 2.24. The minimum atomic E-state index is -3.71. The van der Waals surface area contributed by atoms with Crippen LogP contribution in [0.15, 0.2) is 47.8 Å². The highest BCUT2D eigenvalue weighted by molar-refractivity contribution is 7.89. The lowest BCUT2D eigenvalue weighted by molar-refractivity contribution is 0.597. The van der Waals surface area contributed by atoms with Crippen LogP contribution in [0, 0.1) is 13.8 Å². The van der Waals surface area contributed by atoms with Crippen molar-refractivity contribution in [2.75, 3.05) is 0 Å². The van der Waals surface area contributed by atoms with Gasteiger partial charge in [0.1, 0.15) is 5.52 Å². The van der Waals surface area contributed by atoms with Gasteiger partial charge in [0.25, 0.3) is 0 Å². The van der Waals surface area contributed by atoms with Crippen molar-refractivity contribution in [1.82, 2.24) is 19.5 Å². The summed E-state index contributed by atoms with van der Waals surface area (Å²) in [7, 11) is -3.71. The molecule has 26 heavy (non-hydrogen) atoms. The largest absolute Gasteiger partial charge is 0.325 e. The summed E-state index contributed by atoms with van der Waals surface area (Å²) >= 11 is 0. The highest BCUT2D eigenvalue weighted by atomic mass is 32.2. The molecule has 0 aliphatic carbocycles. The number of nitrogens with two attached hydrogens (primary N) is 1. The number of nitrogens with zero attached hydrogens (tertiary/aromatic N) is 4. The van der Waals surface area contributed by atoms with Crippen molar-refractivity contribution in [3.05, 3.63) is 59.7 Å². The molecule has 8 heteroatoms. The zero-order valence-corrected chi connectivity index (χ0v) is 15.2. The molecular weight excluding hydrogens is 350 g/mol. The number of primary sulfonamides is 1. The molecule has 0 saturated heterocycles. The van der Waals surface area contributed by atoms with E-state index in [9.17, 15) is 8.42 Å². The van der Waals surface area contributed by atoms with Crippen LogP contribution in [0.5, 0.6) is 0 Å². The minimum absolute atomic E-state index is 0.114. The van der Waals surface area contributed by atoms with E-state index in [0.717, 1.165) is 33.2 Å². The number of aromatic nitrogens is 4. The van der Waals surface area contributed by atoms with Crippen molar-refractivity contribution in [1.29, 1.82) is 0 Å². The highest BCUT2D eigenvalue weighted by Gasteiger charge is 2.13. The van der Waals surface area contributed by atoms with E-state index in [-0.39, 0.29) is 4.90 Å². The van der Waals surface area contributed by atoms with E-state index in [1.54, 1.807) is 24.7 Å². The zero-order valence-electron chi connectivity index (χ0n) is 14.3. The van der Waals surface area contributed by atoms with Gasteiger partial charge in [-0.3, -0.25) is 0 Å². The van der Waals surface area contributed by atoms with Crippen molar-refractivity contribution in [3.63, 3.8) is 0 Å². The van der Waals surface area contributed by atoms with E-state index in [1.807, 2.05) is 30.5 Å². The molecule has 0 saturated carbocycles. The third kappa shape index (κ3) is 2.83. The maximum Gasteiger partial charge on any atom is 0.238 e. The fourth-order valence-corrected chi connectivity index (χ4v) is 3.66. The van der Waals surface area contributed by atoms with Gasteiger partial charge in [0.2, 0.25) is 10.0 Å². The molecule has 3 aromatic heterocycles. The number of pyridine rings is 2. The first-order valence-electron chi connectivity index (χ1n) is 8.02. The number of hydrogen-bond acceptors (Lipinski definition) is 5. The monoisotopic (exact) mass is 367 g/mol. The standard InChI is InChI=1S/C18H17N5O2S/c1-11-7-14(26(19,24)25)5-4-13(11)9-23-10-21-16-8-20-18-15(17(16)23)6-3-12(2)22-18/h3-8,10H,9H2,1-2H3,(H2,19,24,25).